The number of hydrogen-bond acceptors (Lipinski definition) is 16. The molecule has 0 saturated heterocycles. The minimum atomic E-state index is -5.62. The summed E-state index contributed by atoms with van der Waals surface area (Å²) in [6.07, 6.45) is 0. The third-order valence-corrected chi connectivity index (χ3v) is 0. The van der Waals surface area contributed by atoms with Crippen LogP contribution in [0.5, 0.6) is 0 Å². The van der Waals surface area contributed by atoms with Crippen LogP contribution in [0.1, 0.15) is 0 Å². The summed E-state index contributed by atoms with van der Waals surface area (Å²) < 4.78 is 137. The van der Waals surface area contributed by atoms with Crippen LogP contribution in [0.3, 0.4) is 0 Å². The maximum absolute atomic E-state index is 8.58. The summed E-state index contributed by atoms with van der Waals surface area (Å²) in [5, 5.41) is 0. The Morgan fingerprint density at radius 1 is 0.391 bits per heavy atom. The standard InChI is InChI=1S/Cr.La.4Mn.16O.Sr/q2*+3;;;;;;;;;;;;;8*-1;+2. The predicted octanol–water partition coefficient (Wildman–Crippen LogP) is -10.9. The monoisotopic (exact) mass is 754 g/mol. The molecular formula is CrLaMn4O16Sr. The minimum absolute atomic E-state index is 0. The molecule has 1 radical (unpaired) electrons. The summed E-state index contributed by atoms with van der Waals surface area (Å²) in [6, 6.07) is 0. The summed E-state index contributed by atoms with van der Waals surface area (Å²) in [4.78, 5) is 0. The SMILES string of the molecule is [Cr+3].[La+3].[O]=[Mn](=[O])([O-])[O-].[O]=[Mn](=[O])([O-])[O-].[O]=[Mn](=[O])([O-])[O-].[O]=[Mn](=[O])([O-])[O-].[Sr+2]. The zero-order valence-corrected chi connectivity index (χ0v) is 22.8. The van der Waals surface area contributed by atoms with Crippen LogP contribution in [0, 0.1) is 35.6 Å². The van der Waals surface area contributed by atoms with E-state index in [9.17, 15) is 0 Å². The first-order chi connectivity index (χ1) is 8.00. The molecule has 0 unspecified atom stereocenters. The van der Waals surface area contributed by atoms with Gasteiger partial charge in [0.05, 0.1) is 0 Å². The van der Waals surface area contributed by atoms with Crippen molar-refractivity contribution in [3.05, 3.63) is 0 Å². The molecule has 16 nitrogen and oxygen atoms in total. The van der Waals surface area contributed by atoms with Gasteiger partial charge in [-0.05, 0) is 0 Å². The van der Waals surface area contributed by atoms with Crippen LogP contribution < -0.4 is 33.5 Å². The fourth-order valence-electron chi connectivity index (χ4n) is 0. The first kappa shape index (κ1) is 45.2. The van der Waals surface area contributed by atoms with Gasteiger partial charge < -0.3 is 0 Å². The molecular weight excluding hydrogens is 754 g/mol. The molecule has 0 atom stereocenters. The fourth-order valence-corrected chi connectivity index (χ4v) is 0. The molecule has 0 bridgehead atoms. The van der Waals surface area contributed by atoms with Crippen molar-refractivity contribution in [2.75, 3.05) is 0 Å². The average molecular weight is 754 g/mol. The molecule has 0 spiro atoms. The third kappa shape index (κ3) is 1220. The van der Waals surface area contributed by atoms with Gasteiger partial charge >= 0.3 is 216 Å². The second kappa shape index (κ2) is 20.1. The minimum Gasteiger partial charge on any atom is 2.00 e. The summed E-state index contributed by atoms with van der Waals surface area (Å²) in [5.41, 5.74) is 0. The maximum atomic E-state index is 8.58. The molecule has 0 saturated carbocycles. The van der Waals surface area contributed by atoms with Gasteiger partial charge in [0.25, 0.3) is 0 Å². The van der Waals surface area contributed by atoms with Crippen LogP contribution in [-0.2, 0) is 102 Å². The molecule has 0 amide bonds. The fraction of sp³-hybridized carbons (Fsp3) is 0. The quantitative estimate of drug-likeness (QED) is 0.207. The molecule has 23 heavy (non-hydrogen) atoms. The molecule has 0 fully saturated rings. The number of hydrogen-bond donors (Lipinski definition) is 0. The van der Waals surface area contributed by atoms with E-state index in [1.165, 1.54) is 0 Å². The molecule has 0 N–H and O–H groups in total. The first-order valence-electron chi connectivity index (χ1n) is 2.47. The molecule has 0 aliphatic carbocycles. The molecule has 0 aliphatic heterocycles. The van der Waals surface area contributed by atoms with E-state index in [4.69, 9.17) is 64.2 Å². The molecule has 135 valence electrons. The molecule has 0 aromatic carbocycles. The zero-order chi connectivity index (χ0) is 18.0. The Bertz CT molecular complexity index is 485. The number of rotatable bonds is 0. The van der Waals surface area contributed by atoms with Gasteiger partial charge in [-0.2, -0.15) is 0 Å². The maximum Gasteiger partial charge on any atom is 2.00 e. The largest absolute Gasteiger partial charge is 2.00 e. The van der Waals surface area contributed by atoms with E-state index in [-0.39, 0.29) is 98.4 Å². The van der Waals surface area contributed by atoms with Crippen molar-refractivity contribution in [3.8, 4) is 0 Å². The summed E-state index contributed by atoms with van der Waals surface area (Å²) in [7, 11) is 0. The van der Waals surface area contributed by atoms with E-state index in [1.54, 1.807) is 0 Å². The van der Waals surface area contributed by atoms with E-state index < -0.39 is 53.5 Å². The Balaban J connectivity index is -0.0000000284. The van der Waals surface area contributed by atoms with Crippen molar-refractivity contribution < 1.29 is 171 Å². The van der Waals surface area contributed by atoms with Crippen molar-refractivity contribution in [3.63, 3.8) is 0 Å². The molecule has 0 aromatic heterocycles. The topological polar surface area (TPSA) is 321 Å². The van der Waals surface area contributed by atoms with Gasteiger partial charge in [-0.3, -0.25) is 0 Å². The van der Waals surface area contributed by atoms with Gasteiger partial charge in [0.15, 0.2) is 0 Å². The van der Waals surface area contributed by atoms with Crippen LogP contribution in [0.25, 0.3) is 0 Å². The van der Waals surface area contributed by atoms with Crippen LogP contribution in [0.4, 0.5) is 0 Å². The average Bonchev–Trinajstić information content (AvgIpc) is 1.62. The van der Waals surface area contributed by atoms with E-state index >= 15 is 0 Å². The molecule has 23 heteroatoms. The van der Waals surface area contributed by atoms with Gasteiger partial charge in [0.2, 0.25) is 0 Å². The van der Waals surface area contributed by atoms with Gasteiger partial charge in [0.1, 0.15) is 0 Å². The predicted molar refractivity (Wildman–Crippen MR) is 11.2 cm³/mol. The molecule has 0 rings (SSSR count). The summed E-state index contributed by atoms with van der Waals surface area (Å²) in [5.74, 6) is 0. The molecule has 0 aromatic rings. The Hall–Kier alpha value is 3.37. The Morgan fingerprint density at radius 3 is 0.391 bits per heavy atom. The second-order valence-corrected chi connectivity index (χ2v) is 6.23. The van der Waals surface area contributed by atoms with Crippen molar-refractivity contribution in [1.82, 2.24) is 0 Å². The van der Waals surface area contributed by atoms with Crippen LogP contribution >= 0.6 is 0 Å². The summed E-state index contributed by atoms with van der Waals surface area (Å²) >= 11 is -22.5. The van der Waals surface area contributed by atoms with Gasteiger partial charge in [-0.25, -0.2) is 0 Å². The molecule has 0 aliphatic rings. The van der Waals surface area contributed by atoms with Gasteiger partial charge in [-0.15, -0.1) is 0 Å². The van der Waals surface area contributed by atoms with Gasteiger partial charge in [-0.1, -0.05) is 0 Å². The van der Waals surface area contributed by atoms with Gasteiger partial charge in [0, 0.05) is 0 Å². The Morgan fingerprint density at radius 2 is 0.391 bits per heavy atom. The van der Waals surface area contributed by atoms with Crippen LogP contribution in [0.2, 0.25) is 0 Å². The molecule has 0 heterocycles. The van der Waals surface area contributed by atoms with E-state index in [2.05, 4.69) is 0 Å². The van der Waals surface area contributed by atoms with Crippen molar-refractivity contribution in [1.29, 1.82) is 0 Å². The van der Waals surface area contributed by atoms with E-state index in [0.717, 1.165) is 0 Å². The first-order valence-corrected chi connectivity index (χ1v) is 10.2. The summed E-state index contributed by atoms with van der Waals surface area (Å²) in [6.45, 7) is 0. The van der Waals surface area contributed by atoms with Crippen LogP contribution in [0.15, 0.2) is 0 Å². The zero-order valence-electron chi connectivity index (χ0n) is 9.74. The van der Waals surface area contributed by atoms with Crippen molar-refractivity contribution in [2.45, 2.75) is 0 Å². The van der Waals surface area contributed by atoms with Crippen molar-refractivity contribution >= 4 is 45.5 Å². The van der Waals surface area contributed by atoms with E-state index in [0.29, 0.717) is 0 Å². The Labute approximate surface area is 212 Å². The Kier molecular flexibility index (Phi) is 39.5. The second-order valence-electron chi connectivity index (χ2n) is 1.51. The van der Waals surface area contributed by atoms with Crippen molar-refractivity contribution in [2.24, 2.45) is 0 Å². The van der Waals surface area contributed by atoms with E-state index in [1.807, 2.05) is 0 Å². The smallest absolute Gasteiger partial charge is 2.00 e. The van der Waals surface area contributed by atoms with Crippen LogP contribution in [-0.4, -0.2) is 45.5 Å². The third-order valence-electron chi connectivity index (χ3n) is 0. The normalized spacial score (nSPS) is 10.1.